The van der Waals surface area contributed by atoms with E-state index >= 15 is 0 Å². The smallest absolute Gasteiger partial charge is 0.159 e. The van der Waals surface area contributed by atoms with Gasteiger partial charge in [-0.15, -0.1) is 0 Å². The minimum Gasteiger partial charge on any atom is -0.381 e. The lowest BCUT2D eigenvalue weighted by Crippen LogP contribution is -2.01. The van der Waals surface area contributed by atoms with E-state index in [4.69, 9.17) is 5.26 Å². The van der Waals surface area contributed by atoms with Crippen molar-refractivity contribution in [3.8, 4) is 6.07 Å². The molecule has 2 aromatic rings. The van der Waals surface area contributed by atoms with Gasteiger partial charge in [0.15, 0.2) is 11.6 Å². The van der Waals surface area contributed by atoms with E-state index in [1.165, 1.54) is 12.3 Å². The molecule has 0 saturated carbocycles. The number of rotatable bonds is 3. The average Bonchev–Trinajstić information content (AvgIpc) is 2.40. The van der Waals surface area contributed by atoms with Crippen LogP contribution in [-0.4, -0.2) is 4.98 Å². The molecule has 5 heteroatoms. The van der Waals surface area contributed by atoms with Crippen LogP contribution in [0, 0.1) is 23.0 Å². The molecule has 0 amide bonds. The van der Waals surface area contributed by atoms with Gasteiger partial charge in [-0.3, -0.25) is 0 Å². The zero-order valence-corrected chi connectivity index (χ0v) is 9.32. The number of nitrogens with zero attached hydrogens (tertiary/aromatic N) is 2. The number of aromatic nitrogens is 1. The SMILES string of the molecule is N#Cc1cc(NCc2ccc(F)c(F)c2)ccn1. The van der Waals surface area contributed by atoms with E-state index in [0.29, 0.717) is 23.5 Å². The summed E-state index contributed by atoms with van der Waals surface area (Å²) in [5.41, 5.74) is 1.61. The molecular weight excluding hydrogens is 236 g/mol. The molecule has 1 N–H and O–H groups in total. The highest BCUT2D eigenvalue weighted by Gasteiger charge is 2.02. The molecule has 2 rings (SSSR count). The summed E-state index contributed by atoms with van der Waals surface area (Å²) in [7, 11) is 0. The highest BCUT2D eigenvalue weighted by molar-refractivity contribution is 5.46. The Balaban J connectivity index is 2.07. The fourth-order valence-corrected chi connectivity index (χ4v) is 1.46. The second-order valence-corrected chi connectivity index (χ2v) is 3.64. The van der Waals surface area contributed by atoms with Gasteiger partial charge in [-0.05, 0) is 29.8 Å². The molecule has 0 spiro atoms. The van der Waals surface area contributed by atoms with Crippen molar-refractivity contribution in [2.75, 3.05) is 5.32 Å². The molecule has 3 nitrogen and oxygen atoms in total. The topological polar surface area (TPSA) is 48.7 Å². The fraction of sp³-hybridized carbons (Fsp3) is 0.0769. The lowest BCUT2D eigenvalue weighted by Gasteiger charge is -2.06. The summed E-state index contributed by atoms with van der Waals surface area (Å²) in [5.74, 6) is -1.74. The predicted octanol–water partition coefficient (Wildman–Crippen LogP) is 2.84. The molecule has 90 valence electrons. The van der Waals surface area contributed by atoms with Gasteiger partial charge in [-0.1, -0.05) is 6.07 Å². The average molecular weight is 245 g/mol. The van der Waals surface area contributed by atoms with Crippen molar-refractivity contribution in [1.29, 1.82) is 5.26 Å². The Bertz CT molecular complexity index is 605. The first-order valence-corrected chi connectivity index (χ1v) is 5.23. The molecular formula is C13H9F2N3. The molecule has 0 bridgehead atoms. The fourth-order valence-electron chi connectivity index (χ4n) is 1.46. The Morgan fingerprint density at radius 2 is 2.00 bits per heavy atom. The zero-order valence-electron chi connectivity index (χ0n) is 9.32. The van der Waals surface area contributed by atoms with Crippen LogP contribution in [0.25, 0.3) is 0 Å². The molecule has 0 saturated heterocycles. The third-order valence-corrected chi connectivity index (χ3v) is 2.36. The summed E-state index contributed by atoms with van der Waals surface area (Å²) in [5, 5.41) is 11.7. The molecule has 0 unspecified atom stereocenters. The number of nitriles is 1. The van der Waals surface area contributed by atoms with Crippen molar-refractivity contribution in [1.82, 2.24) is 4.98 Å². The standard InChI is InChI=1S/C13H9F2N3/c14-12-2-1-9(5-13(12)15)8-18-10-3-4-17-11(6-10)7-16/h1-6H,8H2,(H,17,18). The van der Waals surface area contributed by atoms with Crippen molar-refractivity contribution >= 4 is 5.69 Å². The molecule has 1 aromatic carbocycles. The molecule has 0 aliphatic rings. The highest BCUT2D eigenvalue weighted by Crippen LogP contribution is 2.12. The summed E-state index contributed by atoms with van der Waals surface area (Å²) in [4.78, 5) is 3.83. The quantitative estimate of drug-likeness (QED) is 0.904. The van der Waals surface area contributed by atoms with Gasteiger partial charge in [-0.25, -0.2) is 13.8 Å². The maximum Gasteiger partial charge on any atom is 0.159 e. The Morgan fingerprint density at radius 1 is 1.17 bits per heavy atom. The van der Waals surface area contributed by atoms with E-state index in [1.807, 2.05) is 6.07 Å². The lowest BCUT2D eigenvalue weighted by molar-refractivity contribution is 0.507. The number of pyridine rings is 1. The maximum absolute atomic E-state index is 13.0. The van der Waals surface area contributed by atoms with Crippen molar-refractivity contribution in [3.05, 3.63) is 59.4 Å². The summed E-state index contributed by atoms with van der Waals surface area (Å²) in [6, 6.07) is 8.91. The van der Waals surface area contributed by atoms with Gasteiger partial charge in [0.05, 0.1) is 0 Å². The van der Waals surface area contributed by atoms with Gasteiger partial charge in [0.25, 0.3) is 0 Å². The number of benzene rings is 1. The highest BCUT2D eigenvalue weighted by atomic mass is 19.2. The van der Waals surface area contributed by atoms with Crippen LogP contribution in [0.2, 0.25) is 0 Å². The van der Waals surface area contributed by atoms with Crippen molar-refractivity contribution in [3.63, 3.8) is 0 Å². The normalized spacial score (nSPS) is 9.83. The van der Waals surface area contributed by atoms with Crippen molar-refractivity contribution in [2.45, 2.75) is 6.54 Å². The van der Waals surface area contributed by atoms with Crippen LogP contribution in [0.5, 0.6) is 0 Å². The molecule has 0 fully saturated rings. The van der Waals surface area contributed by atoms with Crippen molar-refractivity contribution < 1.29 is 8.78 Å². The molecule has 1 aromatic heterocycles. The number of anilines is 1. The summed E-state index contributed by atoms with van der Waals surface area (Å²) >= 11 is 0. The van der Waals surface area contributed by atoms with Crippen LogP contribution >= 0.6 is 0 Å². The number of hydrogen-bond acceptors (Lipinski definition) is 3. The summed E-state index contributed by atoms with van der Waals surface area (Å²) in [6.45, 7) is 0.339. The van der Waals surface area contributed by atoms with Crippen LogP contribution < -0.4 is 5.32 Å². The van der Waals surface area contributed by atoms with Crippen LogP contribution in [0.15, 0.2) is 36.5 Å². The van der Waals surface area contributed by atoms with Gasteiger partial charge >= 0.3 is 0 Å². The van der Waals surface area contributed by atoms with Gasteiger partial charge < -0.3 is 5.32 Å². The second kappa shape index (κ2) is 5.23. The van der Waals surface area contributed by atoms with Gasteiger partial charge in [0.2, 0.25) is 0 Å². The first kappa shape index (κ1) is 12.0. The van der Waals surface area contributed by atoms with Crippen molar-refractivity contribution in [2.24, 2.45) is 0 Å². The van der Waals surface area contributed by atoms with E-state index in [-0.39, 0.29) is 0 Å². The second-order valence-electron chi connectivity index (χ2n) is 3.64. The zero-order chi connectivity index (χ0) is 13.0. The van der Waals surface area contributed by atoms with E-state index < -0.39 is 11.6 Å². The maximum atomic E-state index is 13.0. The first-order chi connectivity index (χ1) is 8.69. The largest absolute Gasteiger partial charge is 0.381 e. The van der Waals surface area contributed by atoms with Crippen LogP contribution in [0.3, 0.4) is 0 Å². The van der Waals surface area contributed by atoms with Gasteiger partial charge in [0, 0.05) is 18.4 Å². The molecule has 0 radical (unpaired) electrons. The van der Waals surface area contributed by atoms with Crippen LogP contribution in [-0.2, 0) is 6.54 Å². The van der Waals surface area contributed by atoms with E-state index in [0.717, 1.165) is 12.1 Å². The molecule has 0 aliphatic carbocycles. The minimum atomic E-state index is -0.873. The molecule has 18 heavy (non-hydrogen) atoms. The molecule has 1 heterocycles. The monoisotopic (exact) mass is 245 g/mol. The molecule has 0 atom stereocenters. The minimum absolute atomic E-state index is 0.297. The Kier molecular flexibility index (Phi) is 3.49. The number of nitrogens with one attached hydrogen (secondary N) is 1. The third-order valence-electron chi connectivity index (χ3n) is 2.36. The predicted molar refractivity (Wildman–Crippen MR) is 62.6 cm³/mol. The summed E-state index contributed by atoms with van der Waals surface area (Å²) < 4.78 is 25.7. The van der Waals surface area contributed by atoms with Gasteiger partial charge in [0.1, 0.15) is 11.8 Å². The Labute approximate surface area is 103 Å². The van der Waals surface area contributed by atoms with Crippen LogP contribution in [0.4, 0.5) is 14.5 Å². The van der Waals surface area contributed by atoms with E-state index in [2.05, 4.69) is 10.3 Å². The summed E-state index contributed by atoms with van der Waals surface area (Å²) in [6.07, 6.45) is 1.51. The van der Waals surface area contributed by atoms with E-state index in [9.17, 15) is 8.78 Å². The first-order valence-electron chi connectivity index (χ1n) is 5.23. The molecule has 0 aliphatic heterocycles. The van der Waals surface area contributed by atoms with Gasteiger partial charge in [-0.2, -0.15) is 5.26 Å². The lowest BCUT2D eigenvalue weighted by atomic mass is 10.2. The Morgan fingerprint density at radius 3 is 2.72 bits per heavy atom. The number of hydrogen-bond donors (Lipinski definition) is 1. The number of halogens is 2. The third kappa shape index (κ3) is 2.80. The van der Waals surface area contributed by atoms with E-state index in [1.54, 1.807) is 12.1 Å². The Hall–Kier alpha value is -2.48. The van der Waals surface area contributed by atoms with Crippen LogP contribution in [0.1, 0.15) is 11.3 Å².